The highest BCUT2D eigenvalue weighted by Gasteiger charge is 2.34. The van der Waals surface area contributed by atoms with Gasteiger partial charge in [0.15, 0.2) is 5.78 Å². The summed E-state index contributed by atoms with van der Waals surface area (Å²) in [6.07, 6.45) is -0.537. The van der Waals surface area contributed by atoms with Gasteiger partial charge in [-0.1, -0.05) is 37.3 Å². The van der Waals surface area contributed by atoms with Crippen LogP contribution in [0.4, 0.5) is 4.79 Å². The number of benzene rings is 1. The molecule has 1 amide bonds. The minimum absolute atomic E-state index is 0.0696. The zero-order chi connectivity index (χ0) is 17.0. The number of amides is 1. The van der Waals surface area contributed by atoms with Gasteiger partial charge in [-0.25, -0.2) is 4.79 Å². The van der Waals surface area contributed by atoms with Crippen molar-refractivity contribution < 1.29 is 14.3 Å². The first-order valence-corrected chi connectivity index (χ1v) is 8.04. The van der Waals surface area contributed by atoms with Gasteiger partial charge in [0.1, 0.15) is 11.6 Å². The van der Waals surface area contributed by atoms with Gasteiger partial charge in [0.05, 0.1) is 0 Å². The van der Waals surface area contributed by atoms with Crippen molar-refractivity contribution >= 4 is 11.9 Å². The van der Waals surface area contributed by atoms with Crippen LogP contribution < -0.4 is 5.32 Å². The number of ketones is 1. The van der Waals surface area contributed by atoms with Crippen LogP contribution in [0, 0.1) is 5.92 Å². The normalized spacial score (nSPS) is 22.7. The summed E-state index contributed by atoms with van der Waals surface area (Å²) in [4.78, 5) is 26.5. The van der Waals surface area contributed by atoms with Gasteiger partial charge >= 0.3 is 6.09 Å². The minimum Gasteiger partial charge on any atom is -0.444 e. The molecule has 2 rings (SSSR count). The van der Waals surface area contributed by atoms with E-state index >= 15 is 0 Å². The molecule has 2 unspecified atom stereocenters. The Balaban J connectivity index is 1.98. The Labute approximate surface area is 138 Å². The number of nitrogens with zero attached hydrogens (tertiary/aromatic N) is 1. The Kier molecular flexibility index (Phi) is 5.42. The molecule has 0 aromatic heterocycles. The Morgan fingerprint density at radius 2 is 1.91 bits per heavy atom. The number of hydrogen-bond acceptors (Lipinski definition) is 4. The second-order valence-corrected chi connectivity index (χ2v) is 7.18. The molecular formula is C18H26N2O3. The summed E-state index contributed by atoms with van der Waals surface area (Å²) < 4.78 is 5.26. The predicted molar refractivity (Wildman–Crippen MR) is 89.0 cm³/mol. The number of Topliss-reactive ketones (excluding diaryl/α,β-unsaturated/α-hetero) is 1. The number of alkyl carbamates (subject to hydrolysis) is 1. The lowest BCUT2D eigenvalue weighted by Crippen LogP contribution is -2.56. The van der Waals surface area contributed by atoms with Crippen molar-refractivity contribution in [3.05, 3.63) is 35.9 Å². The summed E-state index contributed by atoms with van der Waals surface area (Å²) in [5.74, 6) is -0.0347. The maximum absolute atomic E-state index is 12.3. The third-order valence-electron chi connectivity index (χ3n) is 3.74. The minimum atomic E-state index is -0.572. The van der Waals surface area contributed by atoms with Crippen molar-refractivity contribution in [2.75, 3.05) is 13.1 Å². The largest absolute Gasteiger partial charge is 0.444 e. The van der Waals surface area contributed by atoms with Crippen molar-refractivity contribution in [1.82, 2.24) is 10.2 Å². The third kappa shape index (κ3) is 5.36. The summed E-state index contributed by atoms with van der Waals surface area (Å²) in [7, 11) is 0. The van der Waals surface area contributed by atoms with Crippen LogP contribution in [0.3, 0.4) is 0 Å². The van der Waals surface area contributed by atoms with Crippen molar-refractivity contribution in [2.45, 2.75) is 45.9 Å². The lowest BCUT2D eigenvalue weighted by atomic mass is 9.94. The smallest absolute Gasteiger partial charge is 0.408 e. The van der Waals surface area contributed by atoms with Gasteiger partial charge in [-0.2, -0.15) is 0 Å². The number of likely N-dealkylation sites (tertiary alicyclic amines) is 1. The van der Waals surface area contributed by atoms with Crippen molar-refractivity contribution in [3.63, 3.8) is 0 Å². The fourth-order valence-corrected chi connectivity index (χ4v) is 2.78. The molecule has 1 aromatic rings. The first-order valence-electron chi connectivity index (χ1n) is 8.04. The maximum atomic E-state index is 12.3. The monoisotopic (exact) mass is 318 g/mol. The summed E-state index contributed by atoms with van der Waals surface area (Å²) >= 11 is 0. The second kappa shape index (κ2) is 7.13. The molecule has 23 heavy (non-hydrogen) atoms. The molecule has 5 heteroatoms. The summed E-state index contributed by atoms with van der Waals surface area (Å²) in [5.41, 5.74) is 0.627. The van der Waals surface area contributed by atoms with Crippen LogP contribution in [-0.2, 0) is 16.1 Å². The lowest BCUT2D eigenvalue weighted by molar-refractivity contribution is -0.128. The molecule has 0 radical (unpaired) electrons. The SMILES string of the molecule is CC1CN(Cc2ccccc2)CC(NC(=O)OC(C)(C)C)C1=O. The highest BCUT2D eigenvalue weighted by molar-refractivity contribution is 5.90. The quantitative estimate of drug-likeness (QED) is 0.930. The van der Waals surface area contributed by atoms with E-state index in [1.165, 1.54) is 5.56 Å². The summed E-state index contributed by atoms with van der Waals surface area (Å²) in [5, 5.41) is 2.72. The van der Waals surface area contributed by atoms with E-state index in [0.29, 0.717) is 13.1 Å². The molecule has 1 saturated heterocycles. The molecule has 2 atom stereocenters. The van der Waals surface area contributed by atoms with E-state index in [0.717, 1.165) is 6.54 Å². The number of nitrogens with one attached hydrogen (secondary N) is 1. The molecule has 5 nitrogen and oxygen atoms in total. The first kappa shape index (κ1) is 17.5. The summed E-state index contributed by atoms with van der Waals surface area (Å²) in [6.45, 7) is 9.31. The molecule has 0 spiro atoms. The van der Waals surface area contributed by atoms with Crippen LogP contribution in [0.2, 0.25) is 0 Å². The number of carbonyl (C=O) groups is 2. The van der Waals surface area contributed by atoms with Gasteiger partial charge in [-0.05, 0) is 26.3 Å². The van der Waals surface area contributed by atoms with Crippen LogP contribution in [-0.4, -0.2) is 41.5 Å². The Bertz CT molecular complexity index is 551. The highest BCUT2D eigenvalue weighted by Crippen LogP contribution is 2.17. The molecule has 1 aliphatic heterocycles. The number of hydrogen-bond donors (Lipinski definition) is 1. The first-order chi connectivity index (χ1) is 10.7. The molecule has 126 valence electrons. The van der Waals surface area contributed by atoms with Gasteiger partial charge in [-0.3, -0.25) is 9.69 Å². The number of ether oxygens (including phenoxy) is 1. The number of rotatable bonds is 3. The van der Waals surface area contributed by atoms with E-state index in [9.17, 15) is 9.59 Å². The van der Waals surface area contributed by atoms with E-state index in [2.05, 4.69) is 22.3 Å². The Morgan fingerprint density at radius 1 is 1.26 bits per heavy atom. The number of piperidine rings is 1. The molecule has 0 aliphatic carbocycles. The van der Waals surface area contributed by atoms with Crippen LogP contribution in [0.15, 0.2) is 30.3 Å². The van der Waals surface area contributed by atoms with Gasteiger partial charge in [0, 0.05) is 25.6 Å². The lowest BCUT2D eigenvalue weighted by Gasteiger charge is -2.35. The molecule has 1 aliphatic rings. The second-order valence-electron chi connectivity index (χ2n) is 7.18. The average molecular weight is 318 g/mol. The third-order valence-corrected chi connectivity index (χ3v) is 3.74. The molecular weight excluding hydrogens is 292 g/mol. The van der Waals surface area contributed by atoms with E-state index in [1.54, 1.807) is 20.8 Å². The molecule has 0 bridgehead atoms. The molecule has 1 N–H and O–H groups in total. The molecule has 1 heterocycles. The molecule has 1 fully saturated rings. The van der Waals surface area contributed by atoms with Gasteiger partial charge in [-0.15, -0.1) is 0 Å². The maximum Gasteiger partial charge on any atom is 0.408 e. The zero-order valence-electron chi connectivity index (χ0n) is 14.3. The van der Waals surface area contributed by atoms with E-state index in [1.807, 2.05) is 25.1 Å². The van der Waals surface area contributed by atoms with E-state index in [-0.39, 0.29) is 11.7 Å². The van der Waals surface area contributed by atoms with E-state index < -0.39 is 17.7 Å². The fraction of sp³-hybridized carbons (Fsp3) is 0.556. The van der Waals surface area contributed by atoms with Gasteiger partial charge in [0.2, 0.25) is 0 Å². The highest BCUT2D eigenvalue weighted by atomic mass is 16.6. The van der Waals surface area contributed by atoms with Gasteiger partial charge in [0.25, 0.3) is 0 Å². The zero-order valence-corrected chi connectivity index (χ0v) is 14.3. The Morgan fingerprint density at radius 3 is 2.52 bits per heavy atom. The van der Waals surface area contributed by atoms with Gasteiger partial charge < -0.3 is 10.1 Å². The fourth-order valence-electron chi connectivity index (χ4n) is 2.78. The predicted octanol–water partition coefficient (Wildman–Crippen LogP) is 2.60. The van der Waals surface area contributed by atoms with Crippen molar-refractivity contribution in [3.8, 4) is 0 Å². The van der Waals surface area contributed by atoms with E-state index in [4.69, 9.17) is 4.74 Å². The van der Waals surface area contributed by atoms with Crippen molar-refractivity contribution in [1.29, 1.82) is 0 Å². The average Bonchev–Trinajstić information content (AvgIpc) is 2.43. The van der Waals surface area contributed by atoms with Crippen LogP contribution >= 0.6 is 0 Å². The van der Waals surface area contributed by atoms with Crippen LogP contribution in [0.5, 0.6) is 0 Å². The van der Waals surface area contributed by atoms with Crippen LogP contribution in [0.25, 0.3) is 0 Å². The molecule has 1 aromatic carbocycles. The Hall–Kier alpha value is -1.88. The topological polar surface area (TPSA) is 58.6 Å². The van der Waals surface area contributed by atoms with Crippen molar-refractivity contribution in [2.24, 2.45) is 5.92 Å². The number of carbonyl (C=O) groups excluding carboxylic acids is 2. The summed E-state index contributed by atoms with van der Waals surface area (Å²) in [6, 6.07) is 9.61. The molecule has 0 saturated carbocycles. The standard InChI is InChI=1S/C18H26N2O3/c1-13-10-20(11-14-8-6-5-7-9-14)12-15(16(13)21)19-17(22)23-18(2,3)4/h5-9,13,15H,10-12H2,1-4H3,(H,19,22). The van der Waals surface area contributed by atoms with Crippen LogP contribution in [0.1, 0.15) is 33.3 Å².